The van der Waals surface area contributed by atoms with Gasteiger partial charge in [0.25, 0.3) is 0 Å². The third kappa shape index (κ3) is 5.30. The second-order valence-corrected chi connectivity index (χ2v) is 6.33. The van der Waals surface area contributed by atoms with Crippen LogP contribution in [0.1, 0.15) is 51.9 Å². The number of amides is 2. The molecule has 2 heterocycles. The molecule has 2 aliphatic heterocycles. The van der Waals surface area contributed by atoms with E-state index >= 15 is 0 Å². The van der Waals surface area contributed by atoms with Gasteiger partial charge in [-0.2, -0.15) is 0 Å². The van der Waals surface area contributed by atoms with Gasteiger partial charge in [-0.3, -0.25) is 9.59 Å². The van der Waals surface area contributed by atoms with Crippen LogP contribution in [0.15, 0.2) is 0 Å². The standard InChI is InChI=1S/C16H29N3O2/c1-2-15(20)18-14-4-3-11-19(12-14)16(21)6-5-13-7-9-17-10-8-13/h13-14,17H,2-12H2,1H3,(H,18,20). The molecule has 0 aromatic heterocycles. The van der Waals surface area contributed by atoms with Gasteiger partial charge in [0.15, 0.2) is 0 Å². The largest absolute Gasteiger partial charge is 0.352 e. The van der Waals surface area contributed by atoms with Crippen LogP contribution in [0, 0.1) is 5.92 Å². The topological polar surface area (TPSA) is 61.4 Å². The summed E-state index contributed by atoms with van der Waals surface area (Å²) in [5.41, 5.74) is 0. The zero-order valence-electron chi connectivity index (χ0n) is 13.2. The Hall–Kier alpha value is -1.10. The summed E-state index contributed by atoms with van der Waals surface area (Å²) >= 11 is 0. The van der Waals surface area contributed by atoms with Crippen molar-refractivity contribution in [1.82, 2.24) is 15.5 Å². The number of hydrogen-bond acceptors (Lipinski definition) is 3. The van der Waals surface area contributed by atoms with E-state index in [-0.39, 0.29) is 17.9 Å². The summed E-state index contributed by atoms with van der Waals surface area (Å²) in [5.74, 6) is 1.06. The summed E-state index contributed by atoms with van der Waals surface area (Å²) in [4.78, 5) is 25.8. The van der Waals surface area contributed by atoms with E-state index in [9.17, 15) is 9.59 Å². The lowest BCUT2D eigenvalue weighted by molar-refractivity contribution is -0.134. The summed E-state index contributed by atoms with van der Waals surface area (Å²) in [6.45, 7) is 5.59. The third-order valence-corrected chi connectivity index (χ3v) is 4.69. The molecule has 0 spiro atoms. The van der Waals surface area contributed by atoms with Gasteiger partial charge in [0.05, 0.1) is 0 Å². The normalized spacial score (nSPS) is 23.9. The molecule has 2 saturated heterocycles. The molecule has 0 bridgehead atoms. The molecule has 5 heteroatoms. The van der Waals surface area contributed by atoms with Crippen LogP contribution in [-0.2, 0) is 9.59 Å². The average Bonchev–Trinajstić information content (AvgIpc) is 2.53. The fourth-order valence-corrected chi connectivity index (χ4v) is 3.31. The second kappa shape index (κ2) is 8.37. The predicted octanol–water partition coefficient (Wildman–Crippen LogP) is 1.28. The van der Waals surface area contributed by atoms with Crippen LogP contribution in [0.5, 0.6) is 0 Å². The monoisotopic (exact) mass is 295 g/mol. The molecule has 1 atom stereocenters. The molecule has 2 fully saturated rings. The Kier molecular flexibility index (Phi) is 6.49. The number of rotatable bonds is 5. The predicted molar refractivity (Wildman–Crippen MR) is 82.9 cm³/mol. The van der Waals surface area contributed by atoms with E-state index in [1.54, 1.807) is 0 Å². The van der Waals surface area contributed by atoms with Crippen LogP contribution < -0.4 is 10.6 Å². The van der Waals surface area contributed by atoms with E-state index in [2.05, 4.69) is 10.6 Å². The Balaban J connectivity index is 1.72. The summed E-state index contributed by atoms with van der Waals surface area (Å²) in [7, 11) is 0. The maximum atomic E-state index is 12.3. The first-order chi connectivity index (χ1) is 10.2. The van der Waals surface area contributed by atoms with Gasteiger partial charge in [-0.25, -0.2) is 0 Å². The lowest BCUT2D eigenvalue weighted by Crippen LogP contribution is -2.49. The van der Waals surface area contributed by atoms with Crippen molar-refractivity contribution in [2.45, 2.75) is 57.9 Å². The second-order valence-electron chi connectivity index (χ2n) is 6.33. The molecule has 0 aromatic carbocycles. The Morgan fingerprint density at radius 2 is 2.00 bits per heavy atom. The molecule has 1 unspecified atom stereocenters. The van der Waals surface area contributed by atoms with Gasteiger partial charge < -0.3 is 15.5 Å². The van der Waals surface area contributed by atoms with Gasteiger partial charge in [0, 0.05) is 32.0 Å². The number of carbonyl (C=O) groups is 2. The minimum Gasteiger partial charge on any atom is -0.352 e. The van der Waals surface area contributed by atoms with Crippen LogP contribution in [0.25, 0.3) is 0 Å². The van der Waals surface area contributed by atoms with Crippen molar-refractivity contribution in [3.8, 4) is 0 Å². The first-order valence-corrected chi connectivity index (χ1v) is 8.47. The van der Waals surface area contributed by atoms with E-state index in [1.165, 1.54) is 12.8 Å². The van der Waals surface area contributed by atoms with Gasteiger partial charge in [0.2, 0.25) is 11.8 Å². The smallest absolute Gasteiger partial charge is 0.222 e. The molecular formula is C16H29N3O2. The average molecular weight is 295 g/mol. The first-order valence-electron chi connectivity index (χ1n) is 8.47. The van der Waals surface area contributed by atoms with Gasteiger partial charge in [-0.05, 0) is 51.1 Å². The number of piperidine rings is 2. The minimum atomic E-state index is 0.0870. The fourth-order valence-electron chi connectivity index (χ4n) is 3.31. The Morgan fingerprint density at radius 3 is 2.71 bits per heavy atom. The maximum Gasteiger partial charge on any atom is 0.222 e. The van der Waals surface area contributed by atoms with Gasteiger partial charge in [-0.1, -0.05) is 6.92 Å². The van der Waals surface area contributed by atoms with Crippen molar-refractivity contribution in [2.24, 2.45) is 5.92 Å². The van der Waals surface area contributed by atoms with Crippen LogP contribution in [0.2, 0.25) is 0 Å². The molecular weight excluding hydrogens is 266 g/mol. The summed E-state index contributed by atoms with van der Waals surface area (Å²) in [6, 6.07) is 0.147. The van der Waals surface area contributed by atoms with Crippen molar-refractivity contribution in [2.75, 3.05) is 26.2 Å². The Morgan fingerprint density at radius 1 is 1.24 bits per heavy atom. The highest BCUT2D eigenvalue weighted by Crippen LogP contribution is 2.19. The van der Waals surface area contributed by atoms with Crippen LogP contribution in [-0.4, -0.2) is 48.9 Å². The van der Waals surface area contributed by atoms with E-state index in [4.69, 9.17) is 0 Å². The quantitative estimate of drug-likeness (QED) is 0.803. The lowest BCUT2D eigenvalue weighted by Gasteiger charge is -2.33. The first kappa shape index (κ1) is 16.3. The minimum absolute atomic E-state index is 0.0870. The van der Waals surface area contributed by atoms with Gasteiger partial charge in [0.1, 0.15) is 0 Å². The van der Waals surface area contributed by atoms with Gasteiger partial charge >= 0.3 is 0 Å². The number of likely N-dealkylation sites (tertiary alicyclic amines) is 1. The van der Waals surface area contributed by atoms with E-state index in [1.807, 2.05) is 11.8 Å². The molecule has 0 aliphatic carbocycles. The van der Waals surface area contributed by atoms with Crippen molar-refractivity contribution in [1.29, 1.82) is 0 Å². The molecule has 21 heavy (non-hydrogen) atoms. The SMILES string of the molecule is CCC(=O)NC1CCCN(C(=O)CCC2CCNCC2)C1. The highest BCUT2D eigenvalue weighted by atomic mass is 16.2. The molecule has 0 radical (unpaired) electrons. The molecule has 0 aromatic rings. The highest BCUT2D eigenvalue weighted by molar-refractivity contribution is 5.77. The third-order valence-electron chi connectivity index (χ3n) is 4.69. The van der Waals surface area contributed by atoms with Crippen LogP contribution in [0.3, 0.4) is 0 Å². The molecule has 2 aliphatic rings. The lowest BCUT2D eigenvalue weighted by atomic mass is 9.93. The summed E-state index contributed by atoms with van der Waals surface area (Å²) in [5, 5.41) is 6.38. The molecule has 2 rings (SSSR count). The Bertz CT molecular complexity index is 353. The zero-order valence-corrected chi connectivity index (χ0v) is 13.2. The highest BCUT2D eigenvalue weighted by Gasteiger charge is 2.25. The molecule has 2 N–H and O–H groups in total. The van der Waals surface area contributed by atoms with E-state index < -0.39 is 0 Å². The maximum absolute atomic E-state index is 12.3. The van der Waals surface area contributed by atoms with Crippen LogP contribution in [0.4, 0.5) is 0 Å². The molecule has 120 valence electrons. The van der Waals surface area contributed by atoms with E-state index in [0.717, 1.165) is 38.9 Å². The zero-order chi connectivity index (χ0) is 15.1. The Labute approximate surface area is 127 Å². The molecule has 5 nitrogen and oxygen atoms in total. The van der Waals surface area contributed by atoms with Crippen molar-refractivity contribution in [3.05, 3.63) is 0 Å². The van der Waals surface area contributed by atoms with Crippen molar-refractivity contribution in [3.63, 3.8) is 0 Å². The number of nitrogens with one attached hydrogen (secondary N) is 2. The number of carbonyl (C=O) groups excluding carboxylic acids is 2. The van der Waals surface area contributed by atoms with Crippen molar-refractivity contribution < 1.29 is 9.59 Å². The van der Waals surface area contributed by atoms with Crippen molar-refractivity contribution >= 4 is 11.8 Å². The van der Waals surface area contributed by atoms with Gasteiger partial charge in [-0.15, -0.1) is 0 Å². The molecule has 2 amide bonds. The van der Waals surface area contributed by atoms with E-state index in [0.29, 0.717) is 25.3 Å². The fraction of sp³-hybridized carbons (Fsp3) is 0.875. The number of nitrogens with zero attached hydrogens (tertiary/aromatic N) is 1. The molecule has 0 saturated carbocycles. The summed E-state index contributed by atoms with van der Waals surface area (Å²) < 4.78 is 0. The summed E-state index contributed by atoms with van der Waals surface area (Å²) in [6.07, 6.45) is 6.57. The van der Waals surface area contributed by atoms with Crippen LogP contribution >= 0.6 is 0 Å². The number of hydrogen-bond donors (Lipinski definition) is 2.